The minimum absolute atomic E-state index is 0.138. The Labute approximate surface area is 71.2 Å². The fourth-order valence-electron chi connectivity index (χ4n) is 0.910. The van der Waals surface area contributed by atoms with E-state index in [1.165, 1.54) is 0 Å². The summed E-state index contributed by atoms with van der Waals surface area (Å²) in [6, 6.07) is 0. The van der Waals surface area contributed by atoms with Gasteiger partial charge >= 0.3 is 0 Å². The fraction of sp³-hybridized carbons (Fsp3) is 0.500. The van der Waals surface area contributed by atoms with Crippen LogP contribution in [0.5, 0.6) is 0 Å². The lowest BCUT2D eigenvalue weighted by atomic mass is 10.4. The van der Waals surface area contributed by atoms with E-state index in [2.05, 4.69) is 4.98 Å². The number of carbonyl (C=O) groups excluding carboxylic acids is 1. The summed E-state index contributed by atoms with van der Waals surface area (Å²) in [4.78, 5) is 14.1. The van der Waals surface area contributed by atoms with Gasteiger partial charge in [0.1, 0.15) is 5.69 Å². The van der Waals surface area contributed by atoms with Gasteiger partial charge < -0.3 is 9.30 Å². The summed E-state index contributed by atoms with van der Waals surface area (Å²) < 4.78 is 6.89. The Kier molecular flexibility index (Phi) is 2.99. The second kappa shape index (κ2) is 4.01. The van der Waals surface area contributed by atoms with Gasteiger partial charge in [-0.1, -0.05) is 0 Å². The molecule has 0 saturated heterocycles. The zero-order valence-electron chi connectivity index (χ0n) is 7.23. The lowest BCUT2D eigenvalue weighted by Crippen LogP contribution is -2.13. The smallest absolute Gasteiger partial charge is 0.169 e. The van der Waals surface area contributed by atoms with Crippen LogP contribution in [0.25, 0.3) is 0 Å². The maximum Gasteiger partial charge on any atom is 0.169 e. The molecule has 4 heteroatoms. The highest BCUT2D eigenvalue weighted by Gasteiger charge is 2.01. The van der Waals surface area contributed by atoms with Gasteiger partial charge in [-0.3, -0.25) is 4.79 Å². The molecule has 12 heavy (non-hydrogen) atoms. The van der Waals surface area contributed by atoms with Crippen molar-refractivity contribution < 1.29 is 9.53 Å². The van der Waals surface area contributed by atoms with Crippen LogP contribution in [0.15, 0.2) is 12.5 Å². The molecule has 0 fully saturated rings. The summed E-state index contributed by atoms with van der Waals surface area (Å²) >= 11 is 0. The summed E-state index contributed by atoms with van der Waals surface area (Å²) in [5.74, 6) is 0. The molecule has 1 atom stereocenters. The third-order valence-corrected chi connectivity index (χ3v) is 1.64. The highest BCUT2D eigenvalue weighted by Crippen LogP contribution is 1.97. The molecule has 0 aliphatic carbocycles. The predicted octanol–water partition coefficient (Wildman–Crippen LogP) is 0.731. The van der Waals surface area contributed by atoms with Crippen LogP contribution in [0.4, 0.5) is 0 Å². The number of rotatable bonds is 4. The lowest BCUT2D eigenvalue weighted by Gasteiger charge is -2.08. The van der Waals surface area contributed by atoms with Crippen LogP contribution in [-0.4, -0.2) is 29.1 Å². The third-order valence-electron chi connectivity index (χ3n) is 1.64. The Balaban J connectivity index is 2.57. The molecule has 1 rings (SSSR count). The number of imidazole rings is 1. The van der Waals surface area contributed by atoms with Gasteiger partial charge in [-0.05, 0) is 6.92 Å². The van der Waals surface area contributed by atoms with Crippen molar-refractivity contribution in [1.29, 1.82) is 0 Å². The van der Waals surface area contributed by atoms with Gasteiger partial charge in [-0.15, -0.1) is 0 Å². The monoisotopic (exact) mass is 168 g/mol. The van der Waals surface area contributed by atoms with Crippen LogP contribution in [0, 0.1) is 0 Å². The summed E-state index contributed by atoms with van der Waals surface area (Å²) in [6.07, 6.45) is 4.19. The third kappa shape index (κ3) is 2.17. The molecule has 0 spiro atoms. The molecule has 1 heterocycles. The maximum absolute atomic E-state index is 10.3. The minimum atomic E-state index is 0.138. The van der Waals surface area contributed by atoms with Gasteiger partial charge in [0, 0.05) is 19.9 Å². The highest BCUT2D eigenvalue weighted by molar-refractivity contribution is 5.70. The van der Waals surface area contributed by atoms with Crippen LogP contribution < -0.4 is 0 Å². The molecule has 0 amide bonds. The summed E-state index contributed by atoms with van der Waals surface area (Å²) in [7, 11) is 1.65. The zero-order valence-corrected chi connectivity index (χ0v) is 7.23. The average molecular weight is 168 g/mol. The van der Waals surface area contributed by atoms with E-state index in [1.807, 2.05) is 11.5 Å². The number of aromatic nitrogens is 2. The Hall–Kier alpha value is -1.16. The van der Waals surface area contributed by atoms with Gasteiger partial charge in [0.05, 0.1) is 12.4 Å². The molecule has 0 radical (unpaired) electrons. The van der Waals surface area contributed by atoms with Crippen molar-refractivity contribution >= 4 is 6.29 Å². The van der Waals surface area contributed by atoms with Crippen molar-refractivity contribution in [3.63, 3.8) is 0 Å². The van der Waals surface area contributed by atoms with Gasteiger partial charge in [0.15, 0.2) is 6.29 Å². The first-order chi connectivity index (χ1) is 5.76. The minimum Gasteiger partial charge on any atom is -0.380 e. The van der Waals surface area contributed by atoms with Crippen molar-refractivity contribution in [3.05, 3.63) is 18.2 Å². The summed E-state index contributed by atoms with van der Waals surface area (Å²) in [5.41, 5.74) is 0.457. The average Bonchev–Trinajstić information content (AvgIpc) is 2.52. The molecule has 0 aliphatic rings. The number of hydrogen-bond acceptors (Lipinski definition) is 3. The van der Waals surface area contributed by atoms with Crippen LogP contribution in [-0.2, 0) is 11.3 Å². The lowest BCUT2D eigenvalue weighted by molar-refractivity contribution is 0.103. The van der Waals surface area contributed by atoms with Crippen molar-refractivity contribution in [2.24, 2.45) is 0 Å². The SMILES string of the molecule is COC(C)Cn1cnc(C=O)c1. The van der Waals surface area contributed by atoms with Crippen molar-refractivity contribution in [2.45, 2.75) is 19.6 Å². The molecular formula is C8H12N2O2. The van der Waals surface area contributed by atoms with Crippen molar-refractivity contribution in [1.82, 2.24) is 9.55 Å². The highest BCUT2D eigenvalue weighted by atomic mass is 16.5. The van der Waals surface area contributed by atoms with E-state index in [9.17, 15) is 4.79 Å². The van der Waals surface area contributed by atoms with E-state index in [0.717, 1.165) is 12.8 Å². The number of ether oxygens (including phenoxy) is 1. The zero-order chi connectivity index (χ0) is 8.97. The van der Waals surface area contributed by atoms with E-state index in [1.54, 1.807) is 19.6 Å². The van der Waals surface area contributed by atoms with Crippen LogP contribution in [0.1, 0.15) is 17.4 Å². The molecule has 1 aromatic heterocycles. The Morgan fingerprint density at radius 1 is 1.83 bits per heavy atom. The number of methoxy groups -OCH3 is 1. The van der Waals surface area contributed by atoms with Crippen LogP contribution >= 0.6 is 0 Å². The number of aldehydes is 1. The van der Waals surface area contributed by atoms with Crippen LogP contribution in [0.3, 0.4) is 0 Å². The molecule has 1 unspecified atom stereocenters. The van der Waals surface area contributed by atoms with E-state index < -0.39 is 0 Å². The topological polar surface area (TPSA) is 44.1 Å². The Morgan fingerprint density at radius 2 is 2.58 bits per heavy atom. The Morgan fingerprint density at radius 3 is 3.08 bits per heavy atom. The summed E-state index contributed by atoms with van der Waals surface area (Å²) in [5, 5.41) is 0. The standard InChI is InChI=1S/C8H12N2O2/c1-7(12-2)3-10-4-8(5-11)9-6-10/h4-7H,3H2,1-2H3. The normalized spacial score (nSPS) is 12.8. The second-order valence-electron chi connectivity index (χ2n) is 2.66. The first-order valence-electron chi connectivity index (χ1n) is 3.76. The van der Waals surface area contributed by atoms with E-state index in [4.69, 9.17) is 4.74 Å². The second-order valence-corrected chi connectivity index (χ2v) is 2.66. The molecule has 4 nitrogen and oxygen atoms in total. The van der Waals surface area contributed by atoms with E-state index >= 15 is 0 Å². The quantitative estimate of drug-likeness (QED) is 0.622. The van der Waals surface area contributed by atoms with Gasteiger partial charge in [0.2, 0.25) is 0 Å². The molecule has 0 aromatic carbocycles. The number of nitrogens with zero attached hydrogens (tertiary/aromatic N) is 2. The van der Waals surface area contributed by atoms with Crippen molar-refractivity contribution in [2.75, 3.05) is 7.11 Å². The molecule has 0 saturated carbocycles. The number of carbonyl (C=O) groups is 1. The van der Waals surface area contributed by atoms with E-state index in [-0.39, 0.29) is 6.10 Å². The Bertz CT molecular complexity index is 257. The van der Waals surface area contributed by atoms with Gasteiger partial charge in [-0.25, -0.2) is 4.98 Å². The molecular weight excluding hydrogens is 156 g/mol. The molecule has 1 aromatic rings. The van der Waals surface area contributed by atoms with Crippen LogP contribution in [0.2, 0.25) is 0 Å². The first kappa shape index (κ1) is 8.93. The molecule has 66 valence electrons. The van der Waals surface area contributed by atoms with Gasteiger partial charge in [-0.2, -0.15) is 0 Å². The molecule has 0 bridgehead atoms. The summed E-state index contributed by atoms with van der Waals surface area (Å²) in [6.45, 7) is 2.68. The fourth-order valence-corrected chi connectivity index (χ4v) is 0.910. The maximum atomic E-state index is 10.3. The molecule has 0 N–H and O–H groups in total. The van der Waals surface area contributed by atoms with Gasteiger partial charge in [0.25, 0.3) is 0 Å². The predicted molar refractivity (Wildman–Crippen MR) is 44.1 cm³/mol. The first-order valence-corrected chi connectivity index (χ1v) is 3.76. The van der Waals surface area contributed by atoms with Crippen molar-refractivity contribution in [3.8, 4) is 0 Å². The largest absolute Gasteiger partial charge is 0.380 e. The van der Waals surface area contributed by atoms with E-state index in [0.29, 0.717) is 5.69 Å². The molecule has 0 aliphatic heterocycles. The number of hydrogen-bond donors (Lipinski definition) is 0.